The number of fused-ring (bicyclic) bond motifs is 1. The van der Waals surface area contributed by atoms with Crippen LogP contribution in [0.3, 0.4) is 0 Å². The maximum atomic E-state index is 11.1. The molecule has 0 aliphatic carbocycles. The highest BCUT2D eigenvalue weighted by Crippen LogP contribution is 2.30. The van der Waals surface area contributed by atoms with E-state index in [1.807, 2.05) is 11.9 Å². The van der Waals surface area contributed by atoms with Crippen molar-refractivity contribution in [1.82, 2.24) is 4.90 Å². The fourth-order valence-electron chi connectivity index (χ4n) is 2.05. The molecule has 0 fully saturated rings. The number of phenolic OH excluding ortho intramolecular Hbond substituents is 1. The lowest BCUT2D eigenvalue weighted by Crippen LogP contribution is -2.34. The van der Waals surface area contributed by atoms with E-state index in [9.17, 15) is 9.90 Å². The molecule has 1 aliphatic heterocycles. The zero-order chi connectivity index (χ0) is 11.0. The fraction of sp³-hybridized carbons (Fsp3) is 0.364. The molecular formula is C11H13NO3. The molecule has 15 heavy (non-hydrogen) atoms. The van der Waals surface area contributed by atoms with Crippen LogP contribution in [-0.4, -0.2) is 34.7 Å². The number of aromatic hydroxyl groups is 1. The molecule has 1 heterocycles. The molecule has 0 radical (unpaired) electrons. The van der Waals surface area contributed by atoms with E-state index in [1.165, 1.54) is 0 Å². The third-order valence-electron chi connectivity index (χ3n) is 2.73. The molecule has 4 heteroatoms. The van der Waals surface area contributed by atoms with Gasteiger partial charge in [-0.3, -0.25) is 4.79 Å². The van der Waals surface area contributed by atoms with Gasteiger partial charge in [0.15, 0.2) is 0 Å². The Bertz CT molecular complexity index is 403. The third-order valence-corrected chi connectivity index (χ3v) is 2.73. The van der Waals surface area contributed by atoms with Gasteiger partial charge in [-0.15, -0.1) is 0 Å². The lowest BCUT2D eigenvalue weighted by molar-refractivity contribution is -0.139. The molecule has 80 valence electrons. The molecule has 1 aromatic carbocycles. The summed E-state index contributed by atoms with van der Waals surface area (Å²) in [7, 11) is 1.88. The summed E-state index contributed by atoms with van der Waals surface area (Å²) in [5, 5.41) is 18.4. The fourth-order valence-corrected chi connectivity index (χ4v) is 2.05. The van der Waals surface area contributed by atoms with Crippen molar-refractivity contribution in [2.24, 2.45) is 0 Å². The van der Waals surface area contributed by atoms with E-state index in [2.05, 4.69) is 0 Å². The molecule has 0 saturated carbocycles. The quantitative estimate of drug-likeness (QED) is 0.721. The normalized spacial score (nSPS) is 21.0. The Morgan fingerprint density at radius 3 is 2.93 bits per heavy atom. The highest BCUT2D eigenvalue weighted by molar-refractivity contribution is 5.77. The molecule has 0 spiro atoms. The summed E-state index contributed by atoms with van der Waals surface area (Å²) in [6, 6.07) is 4.89. The summed E-state index contributed by atoms with van der Waals surface area (Å²) in [5.74, 6) is -1.11. The van der Waals surface area contributed by atoms with Crippen molar-refractivity contribution in [3.05, 3.63) is 29.3 Å². The van der Waals surface area contributed by atoms with Gasteiger partial charge in [-0.1, -0.05) is 6.07 Å². The maximum absolute atomic E-state index is 11.1. The standard InChI is InChI=1S/C11H13NO3/c1-12-5-7-4-8(13)2-3-9(7)10(6-12)11(14)15/h2-4,10,13H,5-6H2,1H3,(H,14,15). The molecular weight excluding hydrogens is 194 g/mol. The number of rotatable bonds is 1. The van der Waals surface area contributed by atoms with E-state index in [4.69, 9.17) is 5.11 Å². The molecule has 4 nitrogen and oxygen atoms in total. The number of carboxylic acid groups (broad SMARTS) is 1. The van der Waals surface area contributed by atoms with Crippen molar-refractivity contribution in [1.29, 1.82) is 0 Å². The summed E-state index contributed by atoms with van der Waals surface area (Å²) in [6.45, 7) is 1.21. The van der Waals surface area contributed by atoms with E-state index in [1.54, 1.807) is 18.2 Å². The van der Waals surface area contributed by atoms with E-state index >= 15 is 0 Å². The largest absolute Gasteiger partial charge is 0.508 e. The minimum atomic E-state index is -0.812. The Morgan fingerprint density at radius 1 is 1.53 bits per heavy atom. The Hall–Kier alpha value is -1.55. The van der Waals surface area contributed by atoms with Crippen LogP contribution in [0.1, 0.15) is 17.0 Å². The number of hydrogen-bond acceptors (Lipinski definition) is 3. The summed E-state index contributed by atoms with van der Waals surface area (Å²) >= 11 is 0. The first-order chi connectivity index (χ1) is 7.08. The van der Waals surface area contributed by atoms with Crippen molar-refractivity contribution < 1.29 is 15.0 Å². The van der Waals surface area contributed by atoms with Crippen LogP contribution in [0.5, 0.6) is 5.75 Å². The SMILES string of the molecule is CN1Cc2cc(O)ccc2C(C(=O)O)C1. The van der Waals surface area contributed by atoms with Gasteiger partial charge in [0.1, 0.15) is 5.75 Å². The van der Waals surface area contributed by atoms with Crippen LogP contribution in [0.25, 0.3) is 0 Å². The number of aliphatic carboxylic acids is 1. The third kappa shape index (κ3) is 1.80. The van der Waals surface area contributed by atoms with E-state index < -0.39 is 11.9 Å². The van der Waals surface area contributed by atoms with Gasteiger partial charge in [-0.25, -0.2) is 0 Å². The first kappa shape index (κ1) is 9.98. The average molecular weight is 207 g/mol. The molecule has 1 aromatic rings. The van der Waals surface area contributed by atoms with Crippen LogP contribution < -0.4 is 0 Å². The molecule has 1 atom stereocenters. The van der Waals surface area contributed by atoms with Gasteiger partial charge in [-0.05, 0) is 30.3 Å². The van der Waals surface area contributed by atoms with E-state index in [0.717, 1.165) is 11.1 Å². The summed E-state index contributed by atoms with van der Waals surface area (Å²) in [6.07, 6.45) is 0. The topological polar surface area (TPSA) is 60.8 Å². The van der Waals surface area contributed by atoms with Crippen molar-refractivity contribution in [2.45, 2.75) is 12.5 Å². The summed E-state index contributed by atoms with van der Waals surface area (Å²) < 4.78 is 0. The second kappa shape index (κ2) is 3.55. The first-order valence-electron chi connectivity index (χ1n) is 4.81. The molecule has 0 saturated heterocycles. The second-order valence-electron chi connectivity index (χ2n) is 3.97. The van der Waals surface area contributed by atoms with Crippen molar-refractivity contribution >= 4 is 5.97 Å². The molecule has 2 rings (SSSR count). The van der Waals surface area contributed by atoms with Gasteiger partial charge in [0, 0.05) is 13.1 Å². The van der Waals surface area contributed by atoms with Gasteiger partial charge in [0.05, 0.1) is 5.92 Å². The monoisotopic (exact) mass is 207 g/mol. The van der Waals surface area contributed by atoms with Crippen LogP contribution >= 0.6 is 0 Å². The zero-order valence-corrected chi connectivity index (χ0v) is 8.47. The highest BCUT2D eigenvalue weighted by Gasteiger charge is 2.28. The first-order valence-corrected chi connectivity index (χ1v) is 4.81. The number of carbonyl (C=O) groups is 1. The lowest BCUT2D eigenvalue weighted by atomic mass is 9.90. The average Bonchev–Trinajstić information content (AvgIpc) is 2.15. The Balaban J connectivity index is 2.46. The zero-order valence-electron chi connectivity index (χ0n) is 8.47. The number of carboxylic acids is 1. The smallest absolute Gasteiger partial charge is 0.312 e. The number of nitrogens with zero attached hydrogens (tertiary/aromatic N) is 1. The Labute approximate surface area is 87.8 Å². The van der Waals surface area contributed by atoms with Gasteiger partial charge >= 0.3 is 5.97 Å². The van der Waals surface area contributed by atoms with Crippen LogP contribution in [0, 0.1) is 0 Å². The number of benzene rings is 1. The number of likely N-dealkylation sites (N-methyl/N-ethyl adjacent to an activating group) is 1. The molecule has 1 aliphatic rings. The van der Waals surface area contributed by atoms with Gasteiger partial charge < -0.3 is 15.1 Å². The maximum Gasteiger partial charge on any atom is 0.312 e. The van der Waals surface area contributed by atoms with Crippen LogP contribution in [0.15, 0.2) is 18.2 Å². The molecule has 0 amide bonds. The molecule has 2 N–H and O–H groups in total. The number of hydrogen-bond donors (Lipinski definition) is 2. The highest BCUT2D eigenvalue weighted by atomic mass is 16.4. The van der Waals surface area contributed by atoms with E-state index in [0.29, 0.717) is 13.1 Å². The van der Waals surface area contributed by atoms with Crippen molar-refractivity contribution in [2.75, 3.05) is 13.6 Å². The Morgan fingerprint density at radius 2 is 2.27 bits per heavy atom. The van der Waals surface area contributed by atoms with Gasteiger partial charge in [0.25, 0.3) is 0 Å². The van der Waals surface area contributed by atoms with Crippen molar-refractivity contribution in [3.8, 4) is 5.75 Å². The second-order valence-corrected chi connectivity index (χ2v) is 3.97. The van der Waals surface area contributed by atoms with Crippen LogP contribution in [0.2, 0.25) is 0 Å². The molecule has 1 unspecified atom stereocenters. The predicted octanol–water partition coefficient (Wildman–Crippen LogP) is 1.01. The summed E-state index contributed by atoms with van der Waals surface area (Å²) in [5.41, 5.74) is 1.72. The van der Waals surface area contributed by atoms with Crippen LogP contribution in [-0.2, 0) is 11.3 Å². The minimum Gasteiger partial charge on any atom is -0.508 e. The summed E-state index contributed by atoms with van der Waals surface area (Å²) in [4.78, 5) is 13.0. The Kier molecular flexibility index (Phi) is 2.36. The minimum absolute atomic E-state index is 0.188. The van der Waals surface area contributed by atoms with Gasteiger partial charge in [-0.2, -0.15) is 0 Å². The predicted molar refractivity (Wildman–Crippen MR) is 54.8 cm³/mol. The lowest BCUT2D eigenvalue weighted by Gasteiger charge is -2.29. The van der Waals surface area contributed by atoms with Crippen LogP contribution in [0.4, 0.5) is 0 Å². The molecule has 0 aromatic heterocycles. The number of phenols is 1. The van der Waals surface area contributed by atoms with E-state index in [-0.39, 0.29) is 5.75 Å². The molecule has 0 bridgehead atoms. The van der Waals surface area contributed by atoms with Crippen molar-refractivity contribution in [3.63, 3.8) is 0 Å². The van der Waals surface area contributed by atoms with Gasteiger partial charge in [0.2, 0.25) is 0 Å².